The van der Waals surface area contributed by atoms with E-state index in [-0.39, 0.29) is 43.6 Å². The predicted molar refractivity (Wildman–Crippen MR) is 199 cm³/mol. The highest BCUT2D eigenvalue weighted by atomic mass is 19.1. The zero-order valence-corrected chi connectivity index (χ0v) is 33.6. The van der Waals surface area contributed by atoms with Gasteiger partial charge in [0.2, 0.25) is 5.91 Å². The number of cyclic esters (lactones) is 1. The van der Waals surface area contributed by atoms with E-state index in [1.807, 2.05) is 13.8 Å². The molecule has 14 nitrogen and oxygen atoms in total. The normalized spacial score (nSPS) is 36.8. The number of amides is 2. The standard InChI is InChI=1S/C41H56FN3O11/c1-21-15-23(3)53-36(32(21)48)55-35-25(5)34(49)40(8,42)37(50)54-29(12-13-44-30(46)17-26-16-27(20-43-19-26)28-11-10-14-52-28)41(9)33(45-38(51)56-41)24(4)31(47)22(2)18-39(35,6)7/h10-11,14,16,19-25,29,32-33,35-36,48H,12-13,15,17-18H2,1-9H3,(H,44,46)(H,45,51)/t21?,22-,23?,24+,25+,29-,32?,33-,35-,36?,40+,41-/m1/s1. The topological polar surface area (TPSA) is 193 Å². The quantitative estimate of drug-likeness (QED) is 0.243. The maximum atomic E-state index is 16.8. The number of aliphatic hydroxyl groups is 1. The SMILES string of the molecule is CC1CC(C)C(O)C(O[C@@H]2[C@@H](C)C(=O)[C@](C)(F)C(=O)O[C@H](CCNC(=O)Cc3cncc(-c4ccco4)c3)[C@@]3(C)OC(=O)N[C@@H]3[C@@H](C)C(=O)[C@H](C)CC2(C)C)O1. The Hall–Kier alpha value is -4.21. The van der Waals surface area contributed by atoms with Gasteiger partial charge in [0.1, 0.15) is 23.8 Å². The number of hydrogen-bond acceptors (Lipinski definition) is 12. The summed E-state index contributed by atoms with van der Waals surface area (Å²) in [6.45, 7) is 14.2. The van der Waals surface area contributed by atoms with Crippen LogP contribution in [0.4, 0.5) is 9.18 Å². The van der Waals surface area contributed by atoms with Crippen molar-refractivity contribution in [1.29, 1.82) is 0 Å². The number of hydrogen-bond donors (Lipinski definition) is 3. The molecule has 2 amide bonds. The molecule has 3 N–H and O–H groups in total. The number of carbonyl (C=O) groups is 5. The molecule has 3 aliphatic heterocycles. The molecule has 5 heterocycles. The molecule has 2 aromatic rings. The molecule has 12 atom stereocenters. The van der Waals surface area contributed by atoms with E-state index in [1.54, 1.807) is 58.3 Å². The Morgan fingerprint density at radius 3 is 2.46 bits per heavy atom. The highest BCUT2D eigenvalue weighted by Gasteiger charge is 2.59. The van der Waals surface area contributed by atoms with E-state index in [2.05, 4.69) is 15.6 Å². The lowest BCUT2D eigenvalue weighted by Gasteiger charge is -2.45. The summed E-state index contributed by atoms with van der Waals surface area (Å²) >= 11 is 0. The van der Waals surface area contributed by atoms with Crippen molar-refractivity contribution in [3.8, 4) is 11.3 Å². The molecule has 5 rings (SSSR count). The summed E-state index contributed by atoms with van der Waals surface area (Å²) in [4.78, 5) is 72.4. The van der Waals surface area contributed by atoms with Gasteiger partial charge in [-0.15, -0.1) is 0 Å². The van der Waals surface area contributed by atoms with Crippen LogP contribution in [0.2, 0.25) is 0 Å². The van der Waals surface area contributed by atoms with Crippen LogP contribution in [0.1, 0.15) is 87.1 Å². The number of halogens is 1. The maximum Gasteiger partial charge on any atom is 0.408 e. The highest BCUT2D eigenvalue weighted by Crippen LogP contribution is 2.43. The van der Waals surface area contributed by atoms with Crippen molar-refractivity contribution >= 4 is 29.5 Å². The van der Waals surface area contributed by atoms with Crippen LogP contribution >= 0.6 is 0 Å². The van der Waals surface area contributed by atoms with Crippen LogP contribution in [0.15, 0.2) is 41.3 Å². The second-order valence-corrected chi connectivity index (χ2v) is 17.0. The highest BCUT2D eigenvalue weighted by molar-refractivity contribution is 6.07. The minimum atomic E-state index is -3.21. The Bertz CT molecular complexity index is 1770. The summed E-state index contributed by atoms with van der Waals surface area (Å²) in [5.74, 6) is -5.77. The maximum absolute atomic E-state index is 16.8. The molecular formula is C41H56FN3O11. The van der Waals surface area contributed by atoms with Crippen LogP contribution in [0.25, 0.3) is 11.3 Å². The van der Waals surface area contributed by atoms with Crippen LogP contribution in [-0.4, -0.2) is 94.2 Å². The second kappa shape index (κ2) is 16.7. The van der Waals surface area contributed by atoms with Crippen molar-refractivity contribution in [2.45, 2.75) is 136 Å². The van der Waals surface area contributed by atoms with E-state index in [0.717, 1.165) is 6.92 Å². The molecule has 0 aliphatic carbocycles. The van der Waals surface area contributed by atoms with Gasteiger partial charge in [-0.2, -0.15) is 0 Å². The number of nitrogens with zero attached hydrogens (tertiary/aromatic N) is 1. The summed E-state index contributed by atoms with van der Waals surface area (Å²) < 4.78 is 46.2. The van der Waals surface area contributed by atoms with Crippen LogP contribution in [0.5, 0.6) is 0 Å². The summed E-state index contributed by atoms with van der Waals surface area (Å²) in [5.41, 5.74) is -4.65. The number of nitrogens with one attached hydrogen (secondary N) is 2. The number of alkyl halides is 1. The fourth-order valence-electron chi connectivity index (χ4n) is 8.72. The largest absolute Gasteiger partial charge is 0.464 e. The van der Waals surface area contributed by atoms with Crippen molar-refractivity contribution in [3.63, 3.8) is 0 Å². The number of pyridine rings is 1. The van der Waals surface area contributed by atoms with Gasteiger partial charge >= 0.3 is 12.1 Å². The predicted octanol–water partition coefficient (Wildman–Crippen LogP) is 4.89. The van der Waals surface area contributed by atoms with Crippen molar-refractivity contribution in [3.05, 3.63) is 42.4 Å². The van der Waals surface area contributed by atoms with Crippen molar-refractivity contribution in [2.75, 3.05) is 6.54 Å². The van der Waals surface area contributed by atoms with Gasteiger partial charge in [-0.1, -0.05) is 41.5 Å². The van der Waals surface area contributed by atoms with E-state index >= 15 is 4.39 Å². The number of alkyl carbamates (subject to hydrolysis) is 1. The molecule has 0 spiro atoms. The van der Waals surface area contributed by atoms with Crippen LogP contribution < -0.4 is 10.6 Å². The first-order valence-electron chi connectivity index (χ1n) is 19.4. The Kier molecular flexibility index (Phi) is 12.8. The number of esters is 1. The third-order valence-electron chi connectivity index (χ3n) is 11.7. The molecule has 3 saturated heterocycles. The van der Waals surface area contributed by atoms with Gasteiger partial charge in [0.15, 0.2) is 17.7 Å². The van der Waals surface area contributed by atoms with E-state index in [0.29, 0.717) is 23.3 Å². The smallest absolute Gasteiger partial charge is 0.408 e. The van der Waals surface area contributed by atoms with Crippen molar-refractivity contribution in [2.24, 2.45) is 29.1 Å². The molecule has 0 saturated carbocycles. The number of furan rings is 1. The Morgan fingerprint density at radius 2 is 1.79 bits per heavy atom. The number of ketones is 2. The van der Waals surface area contributed by atoms with Crippen LogP contribution in [-0.2, 0) is 44.5 Å². The molecule has 308 valence electrons. The number of fused-ring (bicyclic) bond motifs is 1. The lowest BCUT2D eigenvalue weighted by Crippen LogP contribution is -2.59. The van der Waals surface area contributed by atoms with Gasteiger partial charge in [0.25, 0.3) is 5.67 Å². The summed E-state index contributed by atoms with van der Waals surface area (Å²) in [6.07, 6.45) is -0.713. The van der Waals surface area contributed by atoms with Gasteiger partial charge in [-0.25, -0.2) is 14.0 Å². The lowest BCUT2D eigenvalue weighted by molar-refractivity contribution is -0.284. The molecule has 3 aliphatic rings. The van der Waals surface area contributed by atoms with Crippen LogP contribution in [0.3, 0.4) is 0 Å². The van der Waals surface area contributed by atoms with E-state index < -0.39 is 88.8 Å². The molecule has 0 bridgehead atoms. The monoisotopic (exact) mass is 785 g/mol. The first-order valence-corrected chi connectivity index (χ1v) is 19.4. The lowest BCUT2D eigenvalue weighted by atomic mass is 9.69. The fourth-order valence-corrected chi connectivity index (χ4v) is 8.72. The minimum absolute atomic E-state index is 0.0544. The third-order valence-corrected chi connectivity index (χ3v) is 11.7. The average molecular weight is 786 g/mol. The summed E-state index contributed by atoms with van der Waals surface area (Å²) in [5, 5.41) is 16.5. The number of Topliss-reactive ketones (excluding diaryl/α,β-unsaturated/α-hetero) is 2. The second-order valence-electron chi connectivity index (χ2n) is 17.0. The van der Waals surface area contributed by atoms with E-state index in [9.17, 15) is 29.1 Å². The van der Waals surface area contributed by atoms with Gasteiger partial charge in [-0.3, -0.25) is 19.4 Å². The Labute approximate surface area is 326 Å². The molecule has 4 unspecified atom stereocenters. The number of aromatic nitrogens is 1. The summed E-state index contributed by atoms with van der Waals surface area (Å²) in [7, 11) is 0. The molecule has 0 aromatic carbocycles. The van der Waals surface area contributed by atoms with Gasteiger partial charge < -0.3 is 39.1 Å². The first-order chi connectivity index (χ1) is 26.1. The number of aliphatic hydroxyl groups excluding tert-OH is 1. The first kappa shape index (κ1) is 42.9. The molecule has 56 heavy (non-hydrogen) atoms. The Balaban J connectivity index is 1.43. The van der Waals surface area contributed by atoms with E-state index in [4.69, 9.17) is 23.4 Å². The molecular weight excluding hydrogens is 729 g/mol. The third kappa shape index (κ3) is 8.99. The molecule has 15 heteroatoms. The fraction of sp³-hybridized carbons (Fsp3) is 0.659. The minimum Gasteiger partial charge on any atom is -0.464 e. The van der Waals surface area contributed by atoms with Crippen molar-refractivity contribution in [1.82, 2.24) is 15.6 Å². The average Bonchev–Trinajstić information content (AvgIpc) is 3.78. The van der Waals surface area contributed by atoms with Gasteiger partial charge in [-0.05, 0) is 68.7 Å². The van der Waals surface area contributed by atoms with Crippen molar-refractivity contribution < 1.29 is 56.8 Å². The van der Waals surface area contributed by atoms with E-state index in [1.165, 1.54) is 20.1 Å². The molecule has 3 fully saturated rings. The zero-order valence-electron chi connectivity index (χ0n) is 33.6. The Morgan fingerprint density at radius 1 is 1.07 bits per heavy atom. The molecule has 2 aromatic heterocycles. The van der Waals surface area contributed by atoms with Crippen LogP contribution in [0, 0.1) is 29.1 Å². The number of rotatable bonds is 8. The number of carbonyl (C=O) groups excluding carboxylic acids is 5. The molecule has 0 radical (unpaired) electrons. The summed E-state index contributed by atoms with van der Waals surface area (Å²) in [6, 6.07) is 4.23. The van der Waals surface area contributed by atoms with Gasteiger partial charge in [0, 0.05) is 48.7 Å². The number of ether oxygens (including phenoxy) is 4. The van der Waals surface area contributed by atoms with Gasteiger partial charge in [0.05, 0.1) is 30.9 Å². The zero-order chi connectivity index (χ0) is 41.3.